The molecule has 2 rings (SSSR count). The number of carbonyl (C=O) groups is 2. The monoisotopic (exact) mass is 335 g/mol. The van der Waals surface area contributed by atoms with Crippen molar-refractivity contribution in [2.75, 3.05) is 43.9 Å². The Hall–Kier alpha value is -2.44. The van der Waals surface area contributed by atoms with Crippen LogP contribution < -0.4 is 10.6 Å². The summed E-state index contributed by atoms with van der Waals surface area (Å²) in [4.78, 5) is 27.4. The van der Waals surface area contributed by atoms with E-state index >= 15 is 0 Å². The standard InChI is InChI=1S/C17H25N3O4/c1-17(2,3)24-16(22)20-9-7-19(8-10-20)14-6-5-12(11-13(14)18)15(21)23-4/h5-6,11H,7-10,18H2,1-4H3. The molecule has 1 fully saturated rings. The molecule has 24 heavy (non-hydrogen) atoms. The number of esters is 1. The first kappa shape index (κ1) is 17.9. The van der Waals surface area contributed by atoms with Crippen LogP contribution >= 0.6 is 0 Å². The molecule has 2 N–H and O–H groups in total. The van der Waals surface area contributed by atoms with Crippen LogP contribution in [0.4, 0.5) is 16.2 Å². The number of hydrogen-bond donors (Lipinski definition) is 1. The van der Waals surface area contributed by atoms with Gasteiger partial charge in [-0.25, -0.2) is 9.59 Å². The Balaban J connectivity index is 2.00. The maximum absolute atomic E-state index is 12.1. The van der Waals surface area contributed by atoms with Crippen LogP contribution in [0, 0.1) is 0 Å². The Bertz CT molecular complexity index is 617. The maximum atomic E-state index is 12.1. The Labute approximate surface area is 142 Å². The number of piperazine rings is 1. The molecule has 0 aliphatic carbocycles. The number of rotatable bonds is 2. The molecule has 0 bridgehead atoms. The molecule has 7 heteroatoms. The third-order valence-electron chi connectivity index (χ3n) is 3.72. The Kier molecular flexibility index (Phi) is 5.21. The highest BCUT2D eigenvalue weighted by Gasteiger charge is 2.26. The van der Waals surface area contributed by atoms with Crippen LogP contribution in [-0.2, 0) is 9.47 Å². The molecule has 0 atom stereocenters. The van der Waals surface area contributed by atoms with Gasteiger partial charge in [-0.05, 0) is 39.0 Å². The number of nitrogen functional groups attached to an aromatic ring is 1. The zero-order valence-corrected chi connectivity index (χ0v) is 14.7. The predicted octanol–water partition coefficient (Wildman–Crippen LogP) is 2.11. The zero-order chi connectivity index (χ0) is 17.9. The van der Waals surface area contributed by atoms with Gasteiger partial charge >= 0.3 is 12.1 Å². The summed E-state index contributed by atoms with van der Waals surface area (Å²) >= 11 is 0. The summed E-state index contributed by atoms with van der Waals surface area (Å²) < 4.78 is 10.1. The lowest BCUT2D eigenvalue weighted by Gasteiger charge is -2.37. The molecule has 0 unspecified atom stereocenters. The van der Waals surface area contributed by atoms with Crippen LogP contribution in [0.1, 0.15) is 31.1 Å². The van der Waals surface area contributed by atoms with Gasteiger partial charge in [-0.15, -0.1) is 0 Å². The van der Waals surface area contributed by atoms with E-state index in [2.05, 4.69) is 4.90 Å². The zero-order valence-electron chi connectivity index (χ0n) is 14.7. The number of carbonyl (C=O) groups excluding carboxylic acids is 2. The number of nitrogens with zero attached hydrogens (tertiary/aromatic N) is 2. The molecule has 1 aromatic rings. The first-order chi connectivity index (χ1) is 11.2. The molecular formula is C17H25N3O4. The molecule has 1 aliphatic rings. The van der Waals surface area contributed by atoms with Crippen molar-refractivity contribution in [1.29, 1.82) is 0 Å². The minimum Gasteiger partial charge on any atom is -0.465 e. The highest BCUT2D eigenvalue weighted by molar-refractivity contribution is 5.92. The van der Waals surface area contributed by atoms with Crippen molar-refractivity contribution in [3.63, 3.8) is 0 Å². The van der Waals surface area contributed by atoms with Crippen molar-refractivity contribution in [2.24, 2.45) is 0 Å². The minimum absolute atomic E-state index is 0.295. The highest BCUT2D eigenvalue weighted by atomic mass is 16.6. The SMILES string of the molecule is COC(=O)c1ccc(N2CCN(C(=O)OC(C)(C)C)CC2)c(N)c1. The van der Waals surface area contributed by atoms with Crippen LogP contribution in [-0.4, -0.2) is 55.9 Å². The molecule has 1 saturated heterocycles. The van der Waals surface area contributed by atoms with Crippen LogP contribution in [0.5, 0.6) is 0 Å². The summed E-state index contributed by atoms with van der Waals surface area (Å²) in [5, 5.41) is 0. The van der Waals surface area contributed by atoms with Crippen molar-refractivity contribution in [2.45, 2.75) is 26.4 Å². The molecular weight excluding hydrogens is 310 g/mol. The summed E-state index contributed by atoms with van der Waals surface area (Å²) in [5.41, 5.74) is 7.36. The van der Waals surface area contributed by atoms with Gasteiger partial charge in [0.25, 0.3) is 0 Å². The van der Waals surface area contributed by atoms with E-state index in [0.29, 0.717) is 37.4 Å². The van der Waals surface area contributed by atoms with E-state index in [4.69, 9.17) is 15.2 Å². The van der Waals surface area contributed by atoms with Gasteiger partial charge in [0.15, 0.2) is 0 Å². The van der Waals surface area contributed by atoms with Gasteiger partial charge in [-0.3, -0.25) is 0 Å². The predicted molar refractivity (Wildman–Crippen MR) is 92.2 cm³/mol. The molecule has 7 nitrogen and oxygen atoms in total. The molecule has 1 aliphatic heterocycles. The van der Waals surface area contributed by atoms with Gasteiger partial charge in [-0.1, -0.05) is 0 Å². The first-order valence-corrected chi connectivity index (χ1v) is 7.92. The van der Waals surface area contributed by atoms with Crippen molar-refractivity contribution in [3.05, 3.63) is 23.8 Å². The lowest BCUT2D eigenvalue weighted by Crippen LogP contribution is -2.50. The average molecular weight is 335 g/mol. The van der Waals surface area contributed by atoms with Crippen LogP contribution in [0.25, 0.3) is 0 Å². The van der Waals surface area contributed by atoms with Crippen molar-refractivity contribution < 1.29 is 19.1 Å². The molecule has 1 amide bonds. The molecule has 1 heterocycles. The first-order valence-electron chi connectivity index (χ1n) is 7.92. The highest BCUT2D eigenvalue weighted by Crippen LogP contribution is 2.26. The second-order valence-corrected chi connectivity index (χ2v) is 6.72. The van der Waals surface area contributed by atoms with E-state index in [9.17, 15) is 9.59 Å². The van der Waals surface area contributed by atoms with E-state index in [1.54, 1.807) is 17.0 Å². The van der Waals surface area contributed by atoms with E-state index in [1.165, 1.54) is 7.11 Å². The van der Waals surface area contributed by atoms with E-state index in [1.807, 2.05) is 26.8 Å². The molecule has 0 aromatic heterocycles. The smallest absolute Gasteiger partial charge is 0.410 e. The van der Waals surface area contributed by atoms with Gasteiger partial charge in [0.1, 0.15) is 5.60 Å². The molecule has 0 radical (unpaired) electrons. The minimum atomic E-state index is -0.498. The second kappa shape index (κ2) is 6.98. The third kappa shape index (κ3) is 4.31. The third-order valence-corrected chi connectivity index (χ3v) is 3.72. The number of anilines is 2. The Morgan fingerprint density at radius 3 is 2.25 bits per heavy atom. The van der Waals surface area contributed by atoms with Crippen molar-refractivity contribution in [1.82, 2.24) is 4.90 Å². The van der Waals surface area contributed by atoms with Gasteiger partial charge < -0.3 is 25.0 Å². The molecule has 1 aromatic carbocycles. The van der Waals surface area contributed by atoms with E-state index in [-0.39, 0.29) is 6.09 Å². The normalized spacial score (nSPS) is 15.2. The summed E-state index contributed by atoms with van der Waals surface area (Å²) in [5.74, 6) is -0.414. The van der Waals surface area contributed by atoms with Crippen molar-refractivity contribution in [3.8, 4) is 0 Å². The lowest BCUT2D eigenvalue weighted by atomic mass is 10.1. The van der Waals surface area contributed by atoms with Gasteiger partial charge in [0.2, 0.25) is 0 Å². The number of nitrogens with two attached hydrogens (primary N) is 1. The van der Waals surface area contributed by atoms with Gasteiger partial charge in [-0.2, -0.15) is 0 Å². The largest absolute Gasteiger partial charge is 0.465 e. The quantitative estimate of drug-likeness (QED) is 0.658. The number of benzene rings is 1. The molecule has 0 saturated carbocycles. The van der Waals surface area contributed by atoms with E-state index in [0.717, 1.165) is 5.69 Å². The summed E-state index contributed by atoms with van der Waals surface area (Å²) in [6.45, 7) is 7.99. The van der Waals surface area contributed by atoms with Crippen LogP contribution in [0.2, 0.25) is 0 Å². The average Bonchev–Trinajstić information content (AvgIpc) is 2.52. The number of amides is 1. The summed E-state index contributed by atoms with van der Waals surface area (Å²) in [6.07, 6.45) is -0.295. The summed E-state index contributed by atoms with van der Waals surface area (Å²) in [7, 11) is 1.34. The fraction of sp³-hybridized carbons (Fsp3) is 0.529. The van der Waals surface area contributed by atoms with E-state index < -0.39 is 11.6 Å². The Morgan fingerprint density at radius 1 is 1.12 bits per heavy atom. The fourth-order valence-corrected chi connectivity index (χ4v) is 2.54. The van der Waals surface area contributed by atoms with Crippen LogP contribution in [0.15, 0.2) is 18.2 Å². The van der Waals surface area contributed by atoms with Crippen molar-refractivity contribution >= 4 is 23.4 Å². The van der Waals surface area contributed by atoms with Gasteiger partial charge in [0.05, 0.1) is 24.0 Å². The number of ether oxygens (including phenoxy) is 2. The topological polar surface area (TPSA) is 85.1 Å². The maximum Gasteiger partial charge on any atom is 0.410 e. The number of hydrogen-bond acceptors (Lipinski definition) is 6. The summed E-state index contributed by atoms with van der Waals surface area (Å²) in [6, 6.07) is 5.11. The molecule has 0 spiro atoms. The lowest BCUT2D eigenvalue weighted by molar-refractivity contribution is 0.0240. The number of methoxy groups -OCH3 is 1. The Morgan fingerprint density at radius 2 is 1.75 bits per heavy atom. The van der Waals surface area contributed by atoms with Gasteiger partial charge in [0, 0.05) is 26.2 Å². The fourth-order valence-electron chi connectivity index (χ4n) is 2.54. The van der Waals surface area contributed by atoms with Crippen LogP contribution in [0.3, 0.4) is 0 Å². The second-order valence-electron chi connectivity index (χ2n) is 6.72. The molecule has 132 valence electrons.